The van der Waals surface area contributed by atoms with E-state index < -0.39 is 0 Å². The van der Waals surface area contributed by atoms with Crippen LogP contribution < -0.4 is 5.32 Å². The number of benzene rings is 1. The number of nitrogens with one attached hydrogen (secondary N) is 1. The number of carbonyl (C=O) groups excluding carboxylic acids is 1. The minimum absolute atomic E-state index is 0.0257. The number of amides is 1. The molecule has 30 heavy (non-hydrogen) atoms. The Morgan fingerprint density at radius 2 is 1.77 bits per heavy atom. The molecule has 0 bridgehead atoms. The van der Waals surface area contributed by atoms with Crippen molar-refractivity contribution in [2.75, 3.05) is 0 Å². The summed E-state index contributed by atoms with van der Waals surface area (Å²) in [6.07, 6.45) is 6.19. The molecule has 2 aliphatic carbocycles. The molecular weight excluding hydrogens is 375 g/mol. The number of rotatable bonds is 3. The third-order valence-corrected chi connectivity index (χ3v) is 8.07. The molecule has 2 saturated carbocycles. The Morgan fingerprint density at radius 1 is 1.13 bits per heavy atom. The van der Waals surface area contributed by atoms with Gasteiger partial charge in [0, 0.05) is 23.0 Å². The van der Waals surface area contributed by atoms with Gasteiger partial charge in [-0.05, 0) is 98.9 Å². The molecule has 3 unspecified atom stereocenters. The average Bonchev–Trinajstić information content (AvgIpc) is 3.03. The third-order valence-electron chi connectivity index (χ3n) is 8.07. The molecule has 3 nitrogen and oxygen atoms in total. The molecule has 2 aromatic rings. The molecular formula is C26H35FN2O. The van der Waals surface area contributed by atoms with Crippen molar-refractivity contribution in [3.63, 3.8) is 0 Å². The van der Waals surface area contributed by atoms with Crippen molar-refractivity contribution in [3.8, 4) is 0 Å². The second-order valence-electron chi connectivity index (χ2n) is 11.5. The Kier molecular flexibility index (Phi) is 4.99. The van der Waals surface area contributed by atoms with Gasteiger partial charge in [-0.15, -0.1) is 0 Å². The molecule has 2 fully saturated rings. The molecule has 0 spiro atoms. The van der Waals surface area contributed by atoms with E-state index in [0.29, 0.717) is 11.8 Å². The highest BCUT2D eigenvalue weighted by Gasteiger charge is 2.59. The summed E-state index contributed by atoms with van der Waals surface area (Å²) >= 11 is 0. The van der Waals surface area contributed by atoms with Gasteiger partial charge in [-0.3, -0.25) is 9.78 Å². The van der Waals surface area contributed by atoms with E-state index in [0.717, 1.165) is 36.6 Å². The van der Waals surface area contributed by atoms with Gasteiger partial charge < -0.3 is 5.32 Å². The zero-order chi connectivity index (χ0) is 21.9. The summed E-state index contributed by atoms with van der Waals surface area (Å²) in [7, 11) is 0. The second kappa shape index (κ2) is 7.03. The van der Waals surface area contributed by atoms with E-state index in [2.05, 4.69) is 37.1 Å². The predicted octanol–water partition coefficient (Wildman–Crippen LogP) is 6.22. The van der Waals surface area contributed by atoms with Crippen LogP contribution in [0.2, 0.25) is 0 Å². The summed E-state index contributed by atoms with van der Waals surface area (Å²) < 4.78 is 14.0. The fraction of sp³-hybridized carbons (Fsp3) is 0.615. The number of hydrogen-bond donors (Lipinski definition) is 1. The first-order chi connectivity index (χ1) is 13.9. The van der Waals surface area contributed by atoms with Gasteiger partial charge in [0.25, 0.3) is 0 Å². The maximum Gasteiger partial charge on any atom is 0.223 e. The van der Waals surface area contributed by atoms with Crippen LogP contribution in [-0.2, 0) is 4.79 Å². The zero-order valence-electron chi connectivity index (χ0n) is 19.2. The fourth-order valence-corrected chi connectivity index (χ4v) is 6.31. The monoisotopic (exact) mass is 410 g/mol. The van der Waals surface area contributed by atoms with Crippen molar-refractivity contribution in [1.29, 1.82) is 0 Å². The largest absolute Gasteiger partial charge is 0.351 e. The number of fused-ring (bicyclic) bond motifs is 2. The lowest BCUT2D eigenvalue weighted by Gasteiger charge is -2.34. The number of pyridine rings is 1. The van der Waals surface area contributed by atoms with Gasteiger partial charge in [0.05, 0.1) is 5.52 Å². The molecule has 5 atom stereocenters. The lowest BCUT2D eigenvalue weighted by atomic mass is 9.71. The molecule has 1 N–H and O–H groups in total. The van der Waals surface area contributed by atoms with Gasteiger partial charge in [0.2, 0.25) is 5.91 Å². The minimum atomic E-state index is -0.203. The lowest BCUT2D eigenvalue weighted by molar-refractivity contribution is -0.127. The Balaban J connectivity index is 1.56. The van der Waals surface area contributed by atoms with Crippen LogP contribution in [0.5, 0.6) is 0 Å². The summed E-state index contributed by atoms with van der Waals surface area (Å²) in [5.41, 5.74) is 2.29. The molecule has 2 aliphatic rings. The maximum absolute atomic E-state index is 14.0. The van der Waals surface area contributed by atoms with Crippen LogP contribution in [0.4, 0.5) is 4.39 Å². The first kappa shape index (κ1) is 21.3. The molecule has 4 rings (SSSR count). The summed E-state index contributed by atoms with van der Waals surface area (Å²) in [6.45, 7) is 13.0. The SMILES string of the molecule is CC(C(=O)NC(C)(C)C)C1C[C@]2(C)CC(c3ccnc4ccc(F)cc34)C[C@]2(C)C1. The fourth-order valence-electron chi connectivity index (χ4n) is 6.31. The Labute approximate surface area is 179 Å². The van der Waals surface area contributed by atoms with Crippen molar-refractivity contribution >= 4 is 16.8 Å². The van der Waals surface area contributed by atoms with Gasteiger partial charge in [-0.1, -0.05) is 20.8 Å². The highest BCUT2D eigenvalue weighted by Crippen LogP contribution is 2.68. The van der Waals surface area contributed by atoms with E-state index in [-0.39, 0.29) is 34.0 Å². The molecule has 1 amide bonds. The van der Waals surface area contributed by atoms with Gasteiger partial charge in [0.1, 0.15) is 5.82 Å². The number of aromatic nitrogens is 1. The van der Waals surface area contributed by atoms with E-state index in [1.165, 1.54) is 11.6 Å². The first-order valence-corrected chi connectivity index (χ1v) is 11.3. The van der Waals surface area contributed by atoms with Gasteiger partial charge >= 0.3 is 0 Å². The number of carbonyl (C=O) groups is 1. The predicted molar refractivity (Wildman–Crippen MR) is 120 cm³/mol. The maximum atomic E-state index is 14.0. The van der Waals surface area contributed by atoms with Crippen LogP contribution in [-0.4, -0.2) is 16.4 Å². The zero-order valence-corrected chi connectivity index (χ0v) is 19.2. The van der Waals surface area contributed by atoms with Crippen molar-refractivity contribution in [1.82, 2.24) is 10.3 Å². The molecule has 162 valence electrons. The Bertz CT molecular complexity index is 961. The van der Waals surface area contributed by atoms with E-state index in [9.17, 15) is 9.18 Å². The number of nitrogens with zero attached hydrogens (tertiary/aromatic N) is 1. The lowest BCUT2D eigenvalue weighted by Crippen LogP contribution is -2.44. The van der Waals surface area contributed by atoms with E-state index in [4.69, 9.17) is 0 Å². The Hall–Kier alpha value is -1.97. The van der Waals surface area contributed by atoms with Crippen LogP contribution >= 0.6 is 0 Å². The summed E-state index contributed by atoms with van der Waals surface area (Å²) in [4.78, 5) is 17.2. The summed E-state index contributed by atoms with van der Waals surface area (Å²) in [5.74, 6) is 0.817. The van der Waals surface area contributed by atoms with Crippen LogP contribution in [0.1, 0.15) is 78.7 Å². The van der Waals surface area contributed by atoms with E-state index in [1.807, 2.05) is 27.0 Å². The molecule has 1 aromatic heterocycles. The van der Waals surface area contributed by atoms with Crippen molar-refractivity contribution in [2.24, 2.45) is 22.7 Å². The highest BCUT2D eigenvalue weighted by atomic mass is 19.1. The molecule has 0 saturated heterocycles. The standard InChI is InChI=1S/C26H35FN2O/c1-16(23(30)29-24(2,3)4)17-12-25(5)14-18(15-26(25,6)13-17)20-9-10-28-22-8-7-19(27)11-21(20)22/h7-11,16-18H,12-15H2,1-6H3,(H,29,30)/t16?,17?,18?,25-,26+. The van der Waals surface area contributed by atoms with Crippen molar-refractivity contribution in [2.45, 2.75) is 78.7 Å². The Morgan fingerprint density at radius 3 is 2.37 bits per heavy atom. The first-order valence-electron chi connectivity index (χ1n) is 11.3. The normalized spacial score (nSPS) is 32.2. The minimum Gasteiger partial charge on any atom is -0.351 e. The van der Waals surface area contributed by atoms with Gasteiger partial charge in [0.15, 0.2) is 0 Å². The van der Waals surface area contributed by atoms with Gasteiger partial charge in [-0.25, -0.2) is 4.39 Å². The quantitative estimate of drug-likeness (QED) is 0.652. The van der Waals surface area contributed by atoms with Crippen LogP contribution in [0.15, 0.2) is 30.5 Å². The topological polar surface area (TPSA) is 42.0 Å². The second-order valence-corrected chi connectivity index (χ2v) is 11.5. The number of halogens is 1. The molecule has 1 heterocycles. The molecule has 1 aromatic carbocycles. The van der Waals surface area contributed by atoms with E-state index in [1.54, 1.807) is 12.1 Å². The van der Waals surface area contributed by atoms with E-state index >= 15 is 0 Å². The highest BCUT2D eigenvalue weighted by molar-refractivity contribution is 5.82. The van der Waals surface area contributed by atoms with Crippen molar-refractivity contribution < 1.29 is 9.18 Å². The summed E-state index contributed by atoms with van der Waals surface area (Å²) in [5, 5.41) is 4.11. The van der Waals surface area contributed by atoms with Crippen LogP contribution in [0.3, 0.4) is 0 Å². The average molecular weight is 411 g/mol. The van der Waals surface area contributed by atoms with Gasteiger partial charge in [-0.2, -0.15) is 0 Å². The number of hydrogen-bond acceptors (Lipinski definition) is 2. The molecule has 0 radical (unpaired) electrons. The smallest absolute Gasteiger partial charge is 0.223 e. The third kappa shape index (κ3) is 3.63. The van der Waals surface area contributed by atoms with Crippen LogP contribution in [0.25, 0.3) is 10.9 Å². The van der Waals surface area contributed by atoms with Crippen molar-refractivity contribution in [3.05, 3.63) is 41.8 Å². The van der Waals surface area contributed by atoms with Crippen LogP contribution in [0, 0.1) is 28.5 Å². The summed E-state index contributed by atoms with van der Waals surface area (Å²) in [6, 6.07) is 6.98. The molecule has 4 heteroatoms. The molecule has 0 aliphatic heterocycles.